The molecule has 0 aromatic carbocycles. The van der Waals surface area contributed by atoms with Crippen LogP contribution >= 0.6 is 11.6 Å². The smallest absolute Gasteiger partial charge is 0.251 e. The molecule has 0 saturated heterocycles. The van der Waals surface area contributed by atoms with Gasteiger partial charge in [0.25, 0.3) is 5.91 Å². The Hall–Kier alpha value is -1.33. The van der Waals surface area contributed by atoms with Crippen LogP contribution < -0.4 is 10.6 Å². The molecule has 1 aromatic heterocycles. The lowest BCUT2D eigenvalue weighted by molar-refractivity contribution is 0.0806. The summed E-state index contributed by atoms with van der Waals surface area (Å²) < 4.78 is 5.41. The van der Waals surface area contributed by atoms with E-state index in [0.717, 1.165) is 0 Å². The van der Waals surface area contributed by atoms with Gasteiger partial charge >= 0.3 is 0 Å². The topological polar surface area (TPSA) is 63.2 Å². The van der Waals surface area contributed by atoms with E-state index in [2.05, 4.69) is 15.6 Å². The third-order valence-corrected chi connectivity index (χ3v) is 3.23. The van der Waals surface area contributed by atoms with Gasteiger partial charge in [0.2, 0.25) is 0 Å². The molecule has 1 atom stereocenters. The number of carbonyl (C=O) groups is 1. The minimum absolute atomic E-state index is 0.0352. The zero-order valence-electron chi connectivity index (χ0n) is 13.1. The lowest BCUT2D eigenvalue weighted by Gasteiger charge is -2.22. The number of amides is 1. The van der Waals surface area contributed by atoms with E-state index in [-0.39, 0.29) is 17.9 Å². The molecule has 1 amide bonds. The van der Waals surface area contributed by atoms with Crippen molar-refractivity contribution in [3.05, 3.63) is 22.8 Å². The number of halogens is 1. The monoisotopic (exact) mass is 313 g/mol. The molecule has 1 unspecified atom stereocenters. The number of nitrogens with one attached hydrogen (secondary N) is 2. The number of aromatic nitrogens is 1. The molecule has 0 saturated carbocycles. The van der Waals surface area contributed by atoms with Crippen molar-refractivity contribution >= 4 is 23.3 Å². The number of hydrogen-bond acceptors (Lipinski definition) is 4. The van der Waals surface area contributed by atoms with Crippen molar-refractivity contribution in [1.82, 2.24) is 10.3 Å². The molecule has 6 heteroatoms. The van der Waals surface area contributed by atoms with Crippen LogP contribution in [0.3, 0.4) is 0 Å². The maximum Gasteiger partial charge on any atom is 0.251 e. The molecule has 0 fully saturated rings. The Bertz CT molecular complexity index is 466. The van der Waals surface area contributed by atoms with Crippen molar-refractivity contribution in [3.8, 4) is 0 Å². The molecule has 0 aliphatic heterocycles. The highest BCUT2D eigenvalue weighted by molar-refractivity contribution is 6.29. The first kappa shape index (κ1) is 17.7. The third kappa shape index (κ3) is 5.89. The Morgan fingerprint density at radius 1 is 1.38 bits per heavy atom. The van der Waals surface area contributed by atoms with Gasteiger partial charge in [0.1, 0.15) is 11.0 Å². The SMILES string of the molecule is CCNc1cc(C(=O)NC(COCC)C(C)C)cc(Cl)n1. The molecule has 0 radical (unpaired) electrons. The van der Waals surface area contributed by atoms with Crippen molar-refractivity contribution in [2.24, 2.45) is 5.92 Å². The van der Waals surface area contributed by atoms with Crippen LogP contribution in [0, 0.1) is 5.92 Å². The summed E-state index contributed by atoms with van der Waals surface area (Å²) in [4.78, 5) is 16.5. The average Bonchev–Trinajstić information content (AvgIpc) is 2.42. The summed E-state index contributed by atoms with van der Waals surface area (Å²) in [7, 11) is 0. The number of nitrogens with zero attached hydrogens (tertiary/aromatic N) is 1. The van der Waals surface area contributed by atoms with Crippen LogP contribution in [-0.2, 0) is 4.74 Å². The lowest BCUT2D eigenvalue weighted by atomic mass is 10.0. The van der Waals surface area contributed by atoms with Crippen molar-refractivity contribution in [3.63, 3.8) is 0 Å². The van der Waals surface area contributed by atoms with E-state index in [9.17, 15) is 4.79 Å². The minimum Gasteiger partial charge on any atom is -0.380 e. The van der Waals surface area contributed by atoms with Gasteiger partial charge in [-0.25, -0.2) is 4.98 Å². The Morgan fingerprint density at radius 2 is 2.10 bits per heavy atom. The molecule has 0 aliphatic carbocycles. The highest BCUT2D eigenvalue weighted by atomic mass is 35.5. The summed E-state index contributed by atoms with van der Waals surface area (Å²) in [5.41, 5.74) is 0.494. The predicted octanol–water partition coefficient (Wildman–Crippen LogP) is 2.96. The summed E-state index contributed by atoms with van der Waals surface area (Å²) in [6, 6.07) is 3.23. The molecular formula is C15H24ClN3O2. The van der Waals surface area contributed by atoms with Gasteiger partial charge < -0.3 is 15.4 Å². The van der Waals surface area contributed by atoms with E-state index in [1.54, 1.807) is 12.1 Å². The molecule has 2 N–H and O–H groups in total. The highest BCUT2D eigenvalue weighted by Crippen LogP contribution is 2.15. The van der Waals surface area contributed by atoms with E-state index >= 15 is 0 Å². The summed E-state index contributed by atoms with van der Waals surface area (Å²) in [6.45, 7) is 9.84. The van der Waals surface area contributed by atoms with Crippen LogP contribution in [-0.4, -0.2) is 36.7 Å². The first-order valence-corrected chi connectivity index (χ1v) is 7.65. The second kappa shape index (κ2) is 8.85. The van der Waals surface area contributed by atoms with Crippen LogP contribution in [0.15, 0.2) is 12.1 Å². The van der Waals surface area contributed by atoms with Crippen molar-refractivity contribution in [2.75, 3.05) is 25.1 Å². The molecule has 0 bridgehead atoms. The first-order chi connectivity index (χ1) is 9.97. The number of anilines is 1. The zero-order chi connectivity index (χ0) is 15.8. The maximum atomic E-state index is 12.4. The van der Waals surface area contributed by atoms with Crippen LogP contribution in [0.4, 0.5) is 5.82 Å². The van der Waals surface area contributed by atoms with Gasteiger partial charge in [0, 0.05) is 18.7 Å². The van der Waals surface area contributed by atoms with Gasteiger partial charge in [0.05, 0.1) is 12.6 Å². The maximum absolute atomic E-state index is 12.4. The fourth-order valence-corrected chi connectivity index (χ4v) is 2.01. The predicted molar refractivity (Wildman–Crippen MR) is 86.0 cm³/mol. The number of carbonyl (C=O) groups excluding carboxylic acids is 1. The molecule has 118 valence electrons. The fourth-order valence-electron chi connectivity index (χ4n) is 1.80. The number of rotatable bonds is 8. The van der Waals surface area contributed by atoms with Crippen LogP contribution in [0.25, 0.3) is 0 Å². The Kier molecular flexibility index (Phi) is 7.47. The molecule has 21 heavy (non-hydrogen) atoms. The molecule has 1 aromatic rings. The van der Waals surface area contributed by atoms with E-state index in [4.69, 9.17) is 16.3 Å². The van der Waals surface area contributed by atoms with Crippen LogP contribution in [0.2, 0.25) is 5.15 Å². The summed E-state index contributed by atoms with van der Waals surface area (Å²) in [6.07, 6.45) is 0. The van der Waals surface area contributed by atoms with Gasteiger partial charge in [-0.15, -0.1) is 0 Å². The van der Waals surface area contributed by atoms with E-state index < -0.39 is 0 Å². The number of pyridine rings is 1. The Labute approximate surface area is 131 Å². The van der Waals surface area contributed by atoms with Gasteiger partial charge in [-0.3, -0.25) is 4.79 Å². The summed E-state index contributed by atoms with van der Waals surface area (Å²) in [5, 5.41) is 6.34. The highest BCUT2D eigenvalue weighted by Gasteiger charge is 2.18. The zero-order valence-corrected chi connectivity index (χ0v) is 13.8. The van der Waals surface area contributed by atoms with Gasteiger partial charge in [-0.1, -0.05) is 25.4 Å². The molecule has 0 aliphatic rings. The third-order valence-electron chi connectivity index (χ3n) is 3.04. The quantitative estimate of drug-likeness (QED) is 0.724. The Balaban J connectivity index is 2.81. The van der Waals surface area contributed by atoms with Gasteiger partial charge in [-0.2, -0.15) is 0 Å². The van der Waals surface area contributed by atoms with E-state index in [0.29, 0.717) is 36.3 Å². The Morgan fingerprint density at radius 3 is 2.67 bits per heavy atom. The summed E-state index contributed by atoms with van der Waals surface area (Å²) in [5.74, 6) is 0.712. The first-order valence-electron chi connectivity index (χ1n) is 7.28. The van der Waals surface area contributed by atoms with Crippen molar-refractivity contribution < 1.29 is 9.53 Å². The molecule has 5 nitrogen and oxygen atoms in total. The fraction of sp³-hybridized carbons (Fsp3) is 0.600. The van der Waals surface area contributed by atoms with Gasteiger partial charge in [-0.05, 0) is 31.9 Å². The standard InChI is InChI=1S/C15H24ClN3O2/c1-5-17-14-8-11(7-13(16)19-14)15(20)18-12(10(3)4)9-21-6-2/h7-8,10,12H,5-6,9H2,1-4H3,(H,17,19)(H,18,20). The lowest BCUT2D eigenvalue weighted by Crippen LogP contribution is -2.42. The van der Waals surface area contributed by atoms with Crippen LogP contribution in [0.5, 0.6) is 0 Å². The van der Waals surface area contributed by atoms with E-state index in [1.165, 1.54) is 0 Å². The molecular weight excluding hydrogens is 290 g/mol. The molecule has 1 rings (SSSR count). The second-order valence-electron chi connectivity index (χ2n) is 5.08. The molecule has 0 spiro atoms. The normalized spacial score (nSPS) is 12.3. The van der Waals surface area contributed by atoms with Crippen molar-refractivity contribution in [2.45, 2.75) is 33.7 Å². The summed E-state index contributed by atoms with van der Waals surface area (Å²) >= 11 is 5.96. The minimum atomic E-state index is -0.170. The van der Waals surface area contributed by atoms with Crippen LogP contribution in [0.1, 0.15) is 38.1 Å². The average molecular weight is 314 g/mol. The molecule has 1 heterocycles. The largest absolute Gasteiger partial charge is 0.380 e. The number of hydrogen-bond donors (Lipinski definition) is 2. The second-order valence-corrected chi connectivity index (χ2v) is 5.46. The van der Waals surface area contributed by atoms with Crippen molar-refractivity contribution in [1.29, 1.82) is 0 Å². The van der Waals surface area contributed by atoms with E-state index in [1.807, 2.05) is 27.7 Å². The van der Waals surface area contributed by atoms with Gasteiger partial charge in [0.15, 0.2) is 0 Å². The number of ether oxygens (including phenoxy) is 1.